The molecule has 1 saturated carbocycles. The van der Waals surface area contributed by atoms with Crippen LogP contribution in [0.15, 0.2) is 73.2 Å². The van der Waals surface area contributed by atoms with Gasteiger partial charge in [-0.05, 0) is 50.9 Å². The molecule has 1 aromatic carbocycles. The van der Waals surface area contributed by atoms with E-state index in [-0.39, 0.29) is 29.6 Å². The molecule has 6 rings (SSSR count). The Morgan fingerprint density at radius 3 is 2.60 bits per heavy atom. The van der Waals surface area contributed by atoms with Gasteiger partial charge in [0.25, 0.3) is 0 Å². The second kappa shape index (κ2) is 10.3. The van der Waals surface area contributed by atoms with E-state index in [1.807, 2.05) is 83.0 Å². The van der Waals surface area contributed by atoms with E-state index in [0.717, 1.165) is 42.9 Å². The fourth-order valence-electron chi connectivity index (χ4n) is 5.62. The van der Waals surface area contributed by atoms with Gasteiger partial charge < -0.3 is 15.5 Å². The van der Waals surface area contributed by atoms with Gasteiger partial charge in [0.15, 0.2) is 5.78 Å². The molecule has 0 unspecified atom stereocenters. The number of pyridine rings is 1. The van der Waals surface area contributed by atoms with Gasteiger partial charge in [-0.1, -0.05) is 36.4 Å². The Bertz CT molecular complexity index is 1590. The second-order valence-electron chi connectivity index (χ2n) is 11.2. The maximum absolute atomic E-state index is 13.3. The molecule has 1 spiro atoms. The molecule has 0 bridgehead atoms. The number of nitrogens with zero attached hydrogens (tertiary/aromatic N) is 6. The first-order valence-corrected chi connectivity index (χ1v) is 13.6. The molecule has 1 saturated heterocycles. The highest BCUT2D eigenvalue weighted by Gasteiger charge is 2.54. The van der Waals surface area contributed by atoms with Crippen LogP contribution in [0, 0.1) is 5.41 Å². The molecule has 1 aliphatic heterocycles. The van der Waals surface area contributed by atoms with Crippen LogP contribution in [0.2, 0.25) is 0 Å². The molecule has 1 aliphatic carbocycles. The monoisotopic (exact) mass is 535 g/mol. The highest BCUT2D eigenvalue weighted by Crippen LogP contribution is 2.58. The van der Waals surface area contributed by atoms with E-state index in [4.69, 9.17) is 10.7 Å². The minimum Gasteiger partial charge on any atom is -0.382 e. The summed E-state index contributed by atoms with van der Waals surface area (Å²) in [6, 6.07) is 12.8. The summed E-state index contributed by atoms with van der Waals surface area (Å²) in [5, 5.41) is 0. The van der Waals surface area contributed by atoms with Crippen LogP contribution >= 0.6 is 0 Å². The minimum atomic E-state index is -0.165. The highest BCUT2D eigenvalue weighted by atomic mass is 16.2. The molecule has 9 nitrogen and oxygen atoms in total. The van der Waals surface area contributed by atoms with Crippen molar-refractivity contribution in [3.63, 3.8) is 0 Å². The molecule has 2 N–H and O–H groups in total. The van der Waals surface area contributed by atoms with Crippen molar-refractivity contribution >= 4 is 23.0 Å². The second-order valence-corrected chi connectivity index (χ2v) is 11.2. The number of nitrogen functional groups attached to an aromatic ring is 1. The number of likely N-dealkylation sites (N-methyl/N-ethyl adjacent to an activating group) is 1. The number of imidazole rings is 1. The van der Waals surface area contributed by atoms with E-state index >= 15 is 0 Å². The lowest BCUT2D eigenvalue weighted by molar-refractivity contribution is -0.127. The van der Waals surface area contributed by atoms with Gasteiger partial charge in [0.05, 0.1) is 12.5 Å². The number of carbonyl (C=O) groups excluding carboxylic acids is 2. The molecule has 4 heterocycles. The van der Waals surface area contributed by atoms with E-state index < -0.39 is 0 Å². The first kappa shape index (κ1) is 25.9. The Hall–Kier alpha value is -4.37. The van der Waals surface area contributed by atoms with Gasteiger partial charge >= 0.3 is 0 Å². The number of anilines is 1. The van der Waals surface area contributed by atoms with Gasteiger partial charge in [-0.15, -0.1) is 0 Å². The molecule has 4 aromatic rings. The number of ketones is 1. The number of benzene rings is 1. The van der Waals surface area contributed by atoms with Gasteiger partial charge in [0, 0.05) is 54.6 Å². The van der Waals surface area contributed by atoms with E-state index in [1.54, 1.807) is 18.5 Å². The van der Waals surface area contributed by atoms with Crippen LogP contribution in [-0.4, -0.2) is 68.0 Å². The van der Waals surface area contributed by atoms with Crippen molar-refractivity contribution in [3.8, 4) is 11.3 Å². The van der Waals surface area contributed by atoms with Crippen molar-refractivity contribution < 1.29 is 9.59 Å². The van der Waals surface area contributed by atoms with Crippen molar-refractivity contribution in [1.82, 2.24) is 29.2 Å². The third kappa shape index (κ3) is 5.00. The Labute approximate surface area is 233 Å². The van der Waals surface area contributed by atoms with Gasteiger partial charge in [-0.25, -0.2) is 9.97 Å². The molecule has 3 aromatic heterocycles. The minimum absolute atomic E-state index is 0.000944. The summed E-state index contributed by atoms with van der Waals surface area (Å²) in [4.78, 5) is 43.9. The maximum Gasteiger partial charge on any atom is 0.246 e. The molecule has 0 radical (unpaired) electrons. The van der Waals surface area contributed by atoms with Gasteiger partial charge in [-0.2, -0.15) is 0 Å². The number of hydrogen-bond donors (Lipinski definition) is 1. The maximum atomic E-state index is 13.3. The van der Waals surface area contributed by atoms with E-state index in [2.05, 4.69) is 9.97 Å². The summed E-state index contributed by atoms with van der Waals surface area (Å²) in [5.74, 6) is 1.16. The Kier molecular flexibility index (Phi) is 6.67. The Morgan fingerprint density at radius 2 is 1.90 bits per heavy atom. The third-order valence-electron chi connectivity index (χ3n) is 7.94. The fourth-order valence-corrected chi connectivity index (χ4v) is 5.62. The number of nitrogens with two attached hydrogens (primary N) is 1. The predicted molar refractivity (Wildman–Crippen MR) is 154 cm³/mol. The highest BCUT2D eigenvalue weighted by molar-refractivity contribution is 5.98. The van der Waals surface area contributed by atoms with Gasteiger partial charge in [0.2, 0.25) is 5.91 Å². The van der Waals surface area contributed by atoms with E-state index in [0.29, 0.717) is 29.1 Å². The molecule has 204 valence electrons. The van der Waals surface area contributed by atoms with Crippen molar-refractivity contribution in [1.29, 1.82) is 0 Å². The molecule has 2 aliphatic rings. The van der Waals surface area contributed by atoms with Crippen LogP contribution in [0.3, 0.4) is 0 Å². The normalized spacial score (nSPS) is 17.9. The zero-order chi connectivity index (χ0) is 27.9. The first-order valence-electron chi connectivity index (χ1n) is 13.6. The molecular weight excluding hydrogens is 502 g/mol. The molecule has 2 fully saturated rings. The van der Waals surface area contributed by atoms with Gasteiger partial charge in [-0.3, -0.25) is 19.0 Å². The average molecular weight is 536 g/mol. The number of fused-ring (bicyclic) bond motifs is 1. The largest absolute Gasteiger partial charge is 0.382 e. The predicted octanol–water partition coefficient (Wildman–Crippen LogP) is 3.97. The third-order valence-corrected chi connectivity index (χ3v) is 7.94. The number of hydrogen-bond acceptors (Lipinski definition) is 7. The van der Waals surface area contributed by atoms with Crippen LogP contribution in [0.1, 0.15) is 47.2 Å². The summed E-state index contributed by atoms with van der Waals surface area (Å²) in [7, 11) is 3.96. The van der Waals surface area contributed by atoms with Crippen LogP contribution in [-0.2, 0) is 11.2 Å². The van der Waals surface area contributed by atoms with Crippen molar-refractivity contribution in [2.24, 2.45) is 5.41 Å². The fraction of sp³-hybridized carbons (Fsp3) is 0.323. The zero-order valence-electron chi connectivity index (χ0n) is 22.8. The number of amides is 1. The van der Waals surface area contributed by atoms with Crippen LogP contribution in [0.4, 0.5) is 5.82 Å². The van der Waals surface area contributed by atoms with Gasteiger partial charge in [0.1, 0.15) is 22.9 Å². The summed E-state index contributed by atoms with van der Waals surface area (Å²) in [6.45, 7) is 1.44. The first-order chi connectivity index (χ1) is 19.3. The van der Waals surface area contributed by atoms with Crippen LogP contribution < -0.4 is 5.73 Å². The van der Waals surface area contributed by atoms with E-state index in [9.17, 15) is 9.59 Å². The number of aromatic nitrogens is 4. The molecule has 9 heteroatoms. The lowest BCUT2D eigenvalue weighted by Crippen LogP contribution is -2.31. The Balaban J connectivity index is 1.33. The molecular formula is C31H33N7O2. The topological polar surface area (TPSA) is 110 Å². The number of Topliss-reactive ketones (excluding diaryl/α,β-unsaturated/α-hetero) is 1. The summed E-state index contributed by atoms with van der Waals surface area (Å²) >= 11 is 0. The zero-order valence-corrected chi connectivity index (χ0v) is 22.8. The summed E-state index contributed by atoms with van der Waals surface area (Å²) in [6.07, 6.45) is 12.2. The number of carbonyl (C=O) groups is 2. The lowest BCUT2D eigenvalue weighted by atomic mass is 10.0. The lowest BCUT2D eigenvalue weighted by Gasteiger charge is -2.22. The molecule has 1 atom stereocenters. The standard InChI is InChI=1S/C31H33N7O2/c1-36(2)16-5-7-26(40)38-20-31(12-13-31)19-24(38)30-35-27(28-29(32)34-15-17-37(28)30)22-10-8-21(9-11-22)25(39)18-23-6-3-4-14-33-23/h3-11,14-15,17,24H,12-13,16,18-20H2,1-2H3,(H2,32,34)/b7-5+/t24-/m0/s1. The number of likely N-dealkylation sites (tertiary alicyclic amines) is 1. The molecule has 40 heavy (non-hydrogen) atoms. The van der Waals surface area contributed by atoms with Crippen molar-refractivity contribution in [3.05, 3.63) is 90.3 Å². The van der Waals surface area contributed by atoms with Crippen molar-refractivity contribution in [2.75, 3.05) is 32.9 Å². The van der Waals surface area contributed by atoms with E-state index in [1.165, 1.54) is 0 Å². The number of rotatable bonds is 8. The quantitative estimate of drug-likeness (QED) is 0.269. The summed E-state index contributed by atoms with van der Waals surface area (Å²) < 4.78 is 1.98. The Morgan fingerprint density at radius 1 is 1.10 bits per heavy atom. The smallest absolute Gasteiger partial charge is 0.246 e. The average Bonchev–Trinajstić information content (AvgIpc) is 3.42. The van der Waals surface area contributed by atoms with Crippen molar-refractivity contribution in [2.45, 2.75) is 31.7 Å². The van der Waals surface area contributed by atoms with Crippen LogP contribution in [0.5, 0.6) is 0 Å². The molecule has 1 amide bonds. The SMILES string of the molecule is CN(C)C/C=C/C(=O)N1CC2(CC2)C[C@H]1c1nc(-c2ccc(C(=O)Cc3ccccn3)cc2)c2c(N)nccn12. The van der Waals surface area contributed by atoms with Crippen LogP contribution in [0.25, 0.3) is 16.8 Å². The summed E-state index contributed by atoms with van der Waals surface area (Å²) in [5.41, 5.74) is 10.1.